The van der Waals surface area contributed by atoms with Gasteiger partial charge in [0.15, 0.2) is 0 Å². The Morgan fingerprint density at radius 3 is 2.57 bits per heavy atom. The molecule has 0 aromatic heterocycles. The van der Waals surface area contributed by atoms with Gasteiger partial charge in [0.05, 0.1) is 41.5 Å². The van der Waals surface area contributed by atoms with E-state index in [0.717, 1.165) is 18.4 Å². The average Bonchev–Trinajstić information content (AvgIpc) is 3.58. The summed E-state index contributed by atoms with van der Waals surface area (Å²) in [5.41, 5.74) is -0.314. The first-order chi connectivity index (χ1) is 21.1. The van der Waals surface area contributed by atoms with E-state index < -0.39 is 59.5 Å². The summed E-state index contributed by atoms with van der Waals surface area (Å²) in [6.45, 7) is 11.2. The standard InChI is InChI=1S/C35H41ClN2O6/c1-5-7-8-12-21-43-33(42)28-27-31(40)38(26(22-39)24-15-10-9-11-16-24)30(35(27)19-18-34(28,4)44-35)32(41)37(20-6-2)29-23(3)14-13-17-25(29)36/h5-6,9-11,13-17,26-28,30,39H,1-2,7-8,12,18-22H2,3-4H3/t26-,27+,28+,30?,34-,35?/m1/s1. The number of benzene rings is 2. The molecule has 6 atom stereocenters. The summed E-state index contributed by atoms with van der Waals surface area (Å²) in [5.74, 6) is -3.16. The Hall–Kier alpha value is -3.46. The number of esters is 1. The first-order valence-corrected chi connectivity index (χ1v) is 15.7. The largest absolute Gasteiger partial charge is 0.465 e. The Balaban J connectivity index is 1.61. The van der Waals surface area contributed by atoms with E-state index >= 15 is 0 Å². The second kappa shape index (κ2) is 12.9. The number of halogens is 1. The zero-order valence-corrected chi connectivity index (χ0v) is 26.2. The number of ether oxygens (including phenoxy) is 2. The van der Waals surface area contributed by atoms with E-state index in [1.54, 1.807) is 12.1 Å². The number of carbonyl (C=O) groups is 3. The fourth-order valence-corrected chi connectivity index (χ4v) is 7.88. The van der Waals surface area contributed by atoms with Crippen LogP contribution in [-0.2, 0) is 23.9 Å². The third kappa shape index (κ3) is 5.27. The van der Waals surface area contributed by atoms with Crippen LogP contribution in [0.4, 0.5) is 5.69 Å². The van der Waals surface area contributed by atoms with Gasteiger partial charge in [-0.15, -0.1) is 13.2 Å². The van der Waals surface area contributed by atoms with Crippen molar-refractivity contribution in [3.8, 4) is 0 Å². The minimum Gasteiger partial charge on any atom is -0.465 e. The number of fused-ring (bicyclic) bond motifs is 1. The van der Waals surface area contributed by atoms with E-state index in [1.165, 1.54) is 9.80 Å². The fourth-order valence-electron chi connectivity index (χ4n) is 7.55. The quantitative estimate of drug-likeness (QED) is 0.179. The van der Waals surface area contributed by atoms with Gasteiger partial charge in [-0.1, -0.05) is 66.2 Å². The van der Waals surface area contributed by atoms with Gasteiger partial charge in [-0.25, -0.2) is 0 Å². The number of amides is 2. The molecule has 234 valence electrons. The lowest BCUT2D eigenvalue weighted by molar-refractivity contribution is -0.160. The van der Waals surface area contributed by atoms with Gasteiger partial charge in [0, 0.05) is 6.54 Å². The van der Waals surface area contributed by atoms with Crippen LogP contribution in [0.25, 0.3) is 0 Å². The van der Waals surface area contributed by atoms with Gasteiger partial charge < -0.3 is 24.4 Å². The van der Waals surface area contributed by atoms with Gasteiger partial charge in [0.1, 0.15) is 17.6 Å². The number of nitrogens with zero attached hydrogens (tertiary/aromatic N) is 2. The zero-order valence-electron chi connectivity index (χ0n) is 25.4. The number of para-hydroxylation sites is 1. The molecule has 1 N–H and O–H groups in total. The van der Waals surface area contributed by atoms with Crippen molar-refractivity contribution in [1.82, 2.24) is 4.90 Å². The molecule has 0 aliphatic carbocycles. The van der Waals surface area contributed by atoms with Crippen LogP contribution < -0.4 is 4.90 Å². The van der Waals surface area contributed by atoms with Crippen LogP contribution in [0.15, 0.2) is 73.8 Å². The highest BCUT2D eigenvalue weighted by molar-refractivity contribution is 6.34. The molecule has 2 unspecified atom stereocenters. The molecule has 1 spiro atoms. The molecule has 5 rings (SSSR count). The number of hydrogen-bond donors (Lipinski definition) is 1. The maximum absolute atomic E-state index is 15.0. The van der Waals surface area contributed by atoms with Gasteiger partial charge in [-0.05, 0) is 63.1 Å². The maximum atomic E-state index is 15.0. The Morgan fingerprint density at radius 2 is 1.91 bits per heavy atom. The SMILES string of the molecule is C=CCCCCOC(=O)[C@@H]1[C@H]2C(=O)N([C@H](CO)c3ccccc3)C(C(=O)N(CC=C)c3c(C)cccc3Cl)C23CC[C@@]1(C)O3. The maximum Gasteiger partial charge on any atom is 0.312 e. The number of unbranched alkanes of at least 4 members (excludes halogenated alkanes) is 2. The van der Waals surface area contributed by atoms with Crippen molar-refractivity contribution in [1.29, 1.82) is 0 Å². The van der Waals surface area contributed by atoms with E-state index in [-0.39, 0.29) is 13.2 Å². The number of anilines is 1. The number of aliphatic hydroxyl groups is 1. The molecule has 2 aromatic carbocycles. The smallest absolute Gasteiger partial charge is 0.312 e. The number of hydrogen-bond acceptors (Lipinski definition) is 6. The monoisotopic (exact) mass is 620 g/mol. The topological polar surface area (TPSA) is 96.4 Å². The lowest BCUT2D eigenvalue weighted by Gasteiger charge is -2.40. The third-order valence-electron chi connectivity index (χ3n) is 9.48. The van der Waals surface area contributed by atoms with E-state index in [4.69, 9.17) is 21.1 Å². The Kier molecular flexibility index (Phi) is 9.35. The van der Waals surface area contributed by atoms with Gasteiger partial charge in [-0.2, -0.15) is 0 Å². The number of carbonyl (C=O) groups excluding carboxylic acids is 3. The van der Waals surface area contributed by atoms with Crippen LogP contribution in [0.3, 0.4) is 0 Å². The number of likely N-dealkylation sites (tertiary alicyclic amines) is 1. The lowest BCUT2D eigenvalue weighted by Crippen LogP contribution is -2.57. The molecular formula is C35H41ClN2O6. The van der Waals surface area contributed by atoms with E-state index in [1.807, 2.05) is 62.4 Å². The number of aliphatic hydroxyl groups excluding tert-OH is 1. The van der Waals surface area contributed by atoms with Crippen molar-refractivity contribution in [2.75, 3.05) is 24.7 Å². The van der Waals surface area contributed by atoms with Crippen molar-refractivity contribution < 1.29 is 29.0 Å². The molecule has 2 aromatic rings. The predicted molar refractivity (Wildman–Crippen MR) is 169 cm³/mol. The Morgan fingerprint density at radius 1 is 1.16 bits per heavy atom. The van der Waals surface area contributed by atoms with Crippen molar-refractivity contribution in [3.63, 3.8) is 0 Å². The highest BCUT2D eigenvalue weighted by atomic mass is 35.5. The average molecular weight is 621 g/mol. The molecule has 3 fully saturated rings. The summed E-state index contributed by atoms with van der Waals surface area (Å²) in [6, 6.07) is 12.5. The molecule has 44 heavy (non-hydrogen) atoms. The van der Waals surface area contributed by atoms with E-state index in [9.17, 15) is 19.5 Å². The van der Waals surface area contributed by atoms with E-state index in [0.29, 0.717) is 35.5 Å². The second-order valence-electron chi connectivity index (χ2n) is 12.2. The number of rotatable bonds is 13. The highest BCUT2D eigenvalue weighted by Gasteiger charge is 2.79. The predicted octanol–water partition coefficient (Wildman–Crippen LogP) is 5.57. The Labute approximate surface area is 264 Å². The van der Waals surface area contributed by atoms with Gasteiger partial charge in [-0.3, -0.25) is 14.4 Å². The minimum absolute atomic E-state index is 0.130. The van der Waals surface area contributed by atoms with Crippen molar-refractivity contribution >= 4 is 35.1 Å². The molecule has 0 saturated carbocycles. The summed E-state index contributed by atoms with van der Waals surface area (Å²) in [4.78, 5) is 46.4. The van der Waals surface area contributed by atoms with Crippen LogP contribution in [-0.4, -0.2) is 64.8 Å². The fraction of sp³-hybridized carbons (Fsp3) is 0.457. The van der Waals surface area contributed by atoms with Crippen molar-refractivity contribution in [2.24, 2.45) is 11.8 Å². The molecule has 2 bridgehead atoms. The minimum atomic E-state index is -1.30. The van der Waals surface area contributed by atoms with Crippen LogP contribution in [0, 0.1) is 18.8 Å². The Bertz CT molecular complexity index is 1410. The highest BCUT2D eigenvalue weighted by Crippen LogP contribution is 2.64. The van der Waals surface area contributed by atoms with Gasteiger partial charge in [0.2, 0.25) is 5.91 Å². The summed E-state index contributed by atoms with van der Waals surface area (Å²) >= 11 is 6.67. The molecular weight excluding hydrogens is 580 g/mol. The van der Waals surface area contributed by atoms with Gasteiger partial charge >= 0.3 is 5.97 Å². The summed E-state index contributed by atoms with van der Waals surface area (Å²) in [5, 5.41) is 11.1. The summed E-state index contributed by atoms with van der Waals surface area (Å²) in [6.07, 6.45) is 6.63. The molecule has 3 aliphatic rings. The zero-order chi connectivity index (χ0) is 31.6. The second-order valence-corrected chi connectivity index (χ2v) is 12.6. The first kappa shape index (κ1) is 31.9. The molecule has 8 nitrogen and oxygen atoms in total. The van der Waals surface area contributed by atoms with Crippen molar-refractivity contribution in [2.45, 2.75) is 69.2 Å². The number of aryl methyl sites for hydroxylation is 1. The molecule has 3 saturated heterocycles. The molecule has 3 aliphatic heterocycles. The van der Waals surface area contributed by atoms with E-state index in [2.05, 4.69) is 13.2 Å². The van der Waals surface area contributed by atoms with Crippen LogP contribution >= 0.6 is 11.6 Å². The van der Waals surface area contributed by atoms with Crippen LogP contribution in [0.1, 0.15) is 56.2 Å². The van der Waals surface area contributed by atoms with Crippen LogP contribution in [0.5, 0.6) is 0 Å². The number of allylic oxidation sites excluding steroid dienone is 1. The first-order valence-electron chi connectivity index (χ1n) is 15.3. The molecule has 2 amide bonds. The molecule has 9 heteroatoms. The van der Waals surface area contributed by atoms with Gasteiger partial charge in [0.25, 0.3) is 5.91 Å². The summed E-state index contributed by atoms with van der Waals surface area (Å²) in [7, 11) is 0. The normalized spacial score (nSPS) is 27.6. The summed E-state index contributed by atoms with van der Waals surface area (Å²) < 4.78 is 12.5. The van der Waals surface area contributed by atoms with Crippen LogP contribution in [0.2, 0.25) is 5.02 Å². The molecule has 0 radical (unpaired) electrons. The molecule has 3 heterocycles. The lowest BCUT2D eigenvalue weighted by atomic mass is 9.66. The third-order valence-corrected chi connectivity index (χ3v) is 9.78. The van der Waals surface area contributed by atoms with Crippen molar-refractivity contribution in [3.05, 3.63) is 90.0 Å².